The standard InChI is InChI=1S/C24H20BrClN2O5/c1-13-10-18(25)19(26)11-20(13)27-21(29)12-33-24(32)14-6-8-15(9-7-14)28-22(30)16-4-2-3-5-17(16)23(28)31/h2-3,6-11,16-17H,4-5,12H2,1H3,(H,27,29)/t16-,17-/m1/s1. The zero-order chi connectivity index (χ0) is 23.7. The van der Waals surface area contributed by atoms with Crippen molar-refractivity contribution >= 4 is 62.6 Å². The molecule has 2 aromatic carbocycles. The van der Waals surface area contributed by atoms with E-state index in [9.17, 15) is 19.2 Å². The Balaban J connectivity index is 1.36. The van der Waals surface area contributed by atoms with Crippen LogP contribution < -0.4 is 10.2 Å². The van der Waals surface area contributed by atoms with Gasteiger partial charge in [-0.2, -0.15) is 0 Å². The van der Waals surface area contributed by atoms with Crippen molar-refractivity contribution < 1.29 is 23.9 Å². The van der Waals surface area contributed by atoms with E-state index < -0.39 is 18.5 Å². The number of carbonyl (C=O) groups is 4. The van der Waals surface area contributed by atoms with Crippen LogP contribution in [0.1, 0.15) is 28.8 Å². The highest BCUT2D eigenvalue weighted by molar-refractivity contribution is 9.10. The van der Waals surface area contributed by atoms with Crippen LogP contribution in [-0.4, -0.2) is 30.3 Å². The number of anilines is 2. The SMILES string of the molecule is Cc1cc(Br)c(Cl)cc1NC(=O)COC(=O)c1ccc(N2C(=O)[C@@H]3CC=CC[C@H]3C2=O)cc1. The second-order valence-corrected chi connectivity index (χ2v) is 9.18. The molecule has 0 saturated carbocycles. The summed E-state index contributed by atoms with van der Waals surface area (Å²) in [5.41, 5.74) is 1.93. The molecule has 1 aliphatic carbocycles. The zero-order valence-electron chi connectivity index (χ0n) is 17.6. The summed E-state index contributed by atoms with van der Waals surface area (Å²) in [7, 11) is 0. The molecular formula is C24H20BrClN2O5. The number of carbonyl (C=O) groups excluding carboxylic acids is 4. The van der Waals surface area contributed by atoms with Crippen LogP contribution in [0, 0.1) is 18.8 Å². The van der Waals surface area contributed by atoms with Crippen LogP contribution in [-0.2, 0) is 19.1 Å². The first kappa shape index (κ1) is 23.2. The van der Waals surface area contributed by atoms with Crippen LogP contribution in [0.4, 0.5) is 11.4 Å². The molecular weight excluding hydrogens is 512 g/mol. The van der Waals surface area contributed by atoms with Gasteiger partial charge in [0.05, 0.1) is 28.1 Å². The number of nitrogens with zero attached hydrogens (tertiary/aromatic N) is 1. The molecule has 170 valence electrons. The fourth-order valence-corrected chi connectivity index (χ4v) is 4.60. The van der Waals surface area contributed by atoms with E-state index in [1.807, 2.05) is 19.1 Å². The first-order valence-corrected chi connectivity index (χ1v) is 11.5. The van der Waals surface area contributed by atoms with E-state index in [0.29, 0.717) is 33.7 Å². The minimum absolute atomic E-state index is 0.201. The average molecular weight is 532 g/mol. The van der Waals surface area contributed by atoms with Crippen LogP contribution in [0.25, 0.3) is 0 Å². The Labute approximate surface area is 203 Å². The highest BCUT2D eigenvalue weighted by Gasteiger charge is 2.47. The van der Waals surface area contributed by atoms with E-state index in [4.69, 9.17) is 16.3 Å². The maximum atomic E-state index is 12.7. The van der Waals surface area contributed by atoms with Crippen molar-refractivity contribution in [3.05, 3.63) is 69.2 Å². The summed E-state index contributed by atoms with van der Waals surface area (Å²) in [6, 6.07) is 9.37. The Hall–Kier alpha value is -2.97. The molecule has 0 spiro atoms. The maximum Gasteiger partial charge on any atom is 0.338 e. The van der Waals surface area contributed by atoms with Gasteiger partial charge in [-0.05, 0) is 77.7 Å². The number of imide groups is 1. The number of aryl methyl sites for hydroxylation is 1. The van der Waals surface area contributed by atoms with Gasteiger partial charge in [-0.1, -0.05) is 23.8 Å². The number of fused-ring (bicyclic) bond motifs is 1. The first-order chi connectivity index (χ1) is 15.8. The Morgan fingerprint density at radius 3 is 2.30 bits per heavy atom. The minimum atomic E-state index is -0.695. The molecule has 1 saturated heterocycles. The van der Waals surface area contributed by atoms with E-state index in [0.717, 1.165) is 5.56 Å². The van der Waals surface area contributed by atoms with E-state index in [-0.39, 0.29) is 29.2 Å². The van der Waals surface area contributed by atoms with Gasteiger partial charge in [-0.15, -0.1) is 0 Å². The maximum absolute atomic E-state index is 12.7. The van der Waals surface area contributed by atoms with Crippen molar-refractivity contribution in [2.75, 3.05) is 16.8 Å². The molecule has 3 amide bonds. The third kappa shape index (κ3) is 4.72. The van der Waals surface area contributed by atoms with Crippen molar-refractivity contribution in [2.24, 2.45) is 11.8 Å². The van der Waals surface area contributed by atoms with Gasteiger partial charge in [-0.3, -0.25) is 19.3 Å². The van der Waals surface area contributed by atoms with Crippen LogP contribution in [0.5, 0.6) is 0 Å². The van der Waals surface area contributed by atoms with Gasteiger partial charge in [0, 0.05) is 10.2 Å². The second kappa shape index (κ2) is 9.49. The van der Waals surface area contributed by atoms with E-state index >= 15 is 0 Å². The normalized spacial score (nSPS) is 19.4. The number of benzene rings is 2. The third-order valence-electron chi connectivity index (χ3n) is 5.74. The lowest BCUT2D eigenvalue weighted by molar-refractivity contribution is -0.122. The number of amides is 3. The molecule has 2 aromatic rings. The summed E-state index contributed by atoms with van der Waals surface area (Å²) >= 11 is 9.37. The number of ether oxygens (including phenoxy) is 1. The molecule has 1 heterocycles. The Kier molecular flexibility index (Phi) is 6.67. The summed E-state index contributed by atoms with van der Waals surface area (Å²) in [5.74, 6) is -2.29. The van der Waals surface area contributed by atoms with Crippen molar-refractivity contribution in [3.63, 3.8) is 0 Å². The van der Waals surface area contributed by atoms with Crippen molar-refractivity contribution in [1.82, 2.24) is 0 Å². The molecule has 7 nitrogen and oxygen atoms in total. The van der Waals surface area contributed by atoms with Gasteiger partial charge < -0.3 is 10.1 Å². The van der Waals surface area contributed by atoms with Crippen molar-refractivity contribution in [3.8, 4) is 0 Å². The molecule has 4 rings (SSSR count). The van der Waals surface area contributed by atoms with Gasteiger partial charge in [0.2, 0.25) is 11.8 Å². The van der Waals surface area contributed by atoms with E-state index in [2.05, 4.69) is 21.2 Å². The lowest BCUT2D eigenvalue weighted by Crippen LogP contribution is -2.30. The Morgan fingerprint density at radius 2 is 1.70 bits per heavy atom. The highest BCUT2D eigenvalue weighted by atomic mass is 79.9. The fraction of sp³-hybridized carbons (Fsp3) is 0.250. The second-order valence-electron chi connectivity index (χ2n) is 7.92. The monoisotopic (exact) mass is 530 g/mol. The first-order valence-electron chi connectivity index (χ1n) is 10.3. The smallest absolute Gasteiger partial charge is 0.338 e. The topological polar surface area (TPSA) is 92.8 Å². The number of rotatable bonds is 5. The van der Waals surface area contributed by atoms with Crippen molar-refractivity contribution in [2.45, 2.75) is 19.8 Å². The van der Waals surface area contributed by atoms with Crippen molar-refractivity contribution in [1.29, 1.82) is 0 Å². The molecule has 33 heavy (non-hydrogen) atoms. The molecule has 0 aromatic heterocycles. The molecule has 0 radical (unpaired) electrons. The lowest BCUT2D eigenvalue weighted by Gasteiger charge is -2.15. The molecule has 0 unspecified atom stereocenters. The molecule has 9 heteroatoms. The molecule has 2 atom stereocenters. The van der Waals surface area contributed by atoms with Crippen LogP contribution in [0.2, 0.25) is 5.02 Å². The quantitative estimate of drug-likeness (QED) is 0.344. The molecule has 1 fully saturated rings. The molecule has 1 N–H and O–H groups in total. The number of hydrogen-bond acceptors (Lipinski definition) is 5. The predicted molar refractivity (Wildman–Crippen MR) is 127 cm³/mol. The van der Waals surface area contributed by atoms with Gasteiger partial charge >= 0.3 is 5.97 Å². The number of hydrogen-bond donors (Lipinski definition) is 1. The molecule has 1 aliphatic heterocycles. The number of halogens is 2. The molecule has 0 bridgehead atoms. The fourth-order valence-electron chi connectivity index (χ4n) is 3.98. The minimum Gasteiger partial charge on any atom is -0.452 e. The Bertz CT molecular complexity index is 1150. The summed E-state index contributed by atoms with van der Waals surface area (Å²) in [6.45, 7) is 1.33. The zero-order valence-corrected chi connectivity index (χ0v) is 20.0. The molecule has 2 aliphatic rings. The van der Waals surface area contributed by atoms with Crippen LogP contribution in [0.3, 0.4) is 0 Å². The summed E-state index contributed by atoms with van der Waals surface area (Å²) in [5, 5.41) is 3.10. The van der Waals surface area contributed by atoms with E-state index in [1.165, 1.54) is 29.2 Å². The number of allylic oxidation sites excluding steroid dienone is 2. The van der Waals surface area contributed by atoms with Crippen LogP contribution in [0.15, 0.2) is 53.0 Å². The summed E-state index contributed by atoms with van der Waals surface area (Å²) in [6.07, 6.45) is 4.98. The largest absolute Gasteiger partial charge is 0.452 e. The third-order valence-corrected chi connectivity index (χ3v) is 6.94. The van der Waals surface area contributed by atoms with Gasteiger partial charge in [0.1, 0.15) is 0 Å². The number of esters is 1. The van der Waals surface area contributed by atoms with Crippen LogP contribution >= 0.6 is 27.5 Å². The lowest BCUT2D eigenvalue weighted by atomic mass is 9.85. The van der Waals surface area contributed by atoms with E-state index in [1.54, 1.807) is 12.1 Å². The number of nitrogens with one attached hydrogen (secondary N) is 1. The predicted octanol–water partition coefficient (Wildman–Crippen LogP) is 4.66. The summed E-state index contributed by atoms with van der Waals surface area (Å²) < 4.78 is 5.80. The highest BCUT2D eigenvalue weighted by Crippen LogP contribution is 2.37. The van der Waals surface area contributed by atoms with Gasteiger partial charge in [-0.25, -0.2) is 4.79 Å². The Morgan fingerprint density at radius 1 is 1.09 bits per heavy atom. The van der Waals surface area contributed by atoms with Gasteiger partial charge in [0.25, 0.3) is 5.91 Å². The average Bonchev–Trinajstić information content (AvgIpc) is 3.06. The summed E-state index contributed by atoms with van der Waals surface area (Å²) in [4.78, 5) is 51.1. The van der Waals surface area contributed by atoms with Gasteiger partial charge in [0.15, 0.2) is 6.61 Å².